The Morgan fingerprint density at radius 1 is 0.714 bits per heavy atom. The lowest BCUT2D eigenvalue weighted by Crippen LogP contribution is -2.07. The summed E-state index contributed by atoms with van der Waals surface area (Å²) in [4.78, 5) is 6.52. The van der Waals surface area contributed by atoms with E-state index in [1.54, 1.807) is 0 Å². The second-order valence-corrected chi connectivity index (χ2v) is 5.24. The molecule has 0 fully saturated rings. The van der Waals surface area contributed by atoms with E-state index in [9.17, 15) is 0 Å². The van der Waals surface area contributed by atoms with E-state index >= 15 is 0 Å². The van der Waals surface area contributed by atoms with E-state index in [0.717, 1.165) is 11.3 Å². The fraction of sp³-hybridized carbons (Fsp3) is 0.105. The zero-order valence-corrected chi connectivity index (χ0v) is 12.3. The zero-order chi connectivity index (χ0) is 14.7. The van der Waals surface area contributed by atoms with Gasteiger partial charge in [0.1, 0.15) is 0 Å². The molecule has 2 nitrogen and oxygen atoms in total. The van der Waals surface area contributed by atoms with Crippen LogP contribution in [0.1, 0.15) is 0 Å². The molecular weight excluding hydrogens is 256 g/mol. The number of rotatable bonds is 3. The first-order chi connectivity index (χ1) is 10.2. The second kappa shape index (κ2) is 5.80. The maximum absolute atomic E-state index is 4.41. The fourth-order valence-electron chi connectivity index (χ4n) is 2.34. The van der Waals surface area contributed by atoms with Crippen molar-refractivity contribution in [3.63, 3.8) is 0 Å². The summed E-state index contributed by atoms with van der Waals surface area (Å²) < 4.78 is 0. The Kier molecular flexibility index (Phi) is 3.69. The van der Waals surface area contributed by atoms with Gasteiger partial charge in [0.2, 0.25) is 0 Å². The van der Waals surface area contributed by atoms with Crippen LogP contribution in [0.25, 0.3) is 22.4 Å². The summed E-state index contributed by atoms with van der Waals surface area (Å²) in [6.07, 6.45) is 1.83. The van der Waals surface area contributed by atoms with Gasteiger partial charge in [0.15, 0.2) is 0 Å². The van der Waals surface area contributed by atoms with Gasteiger partial charge in [-0.3, -0.25) is 4.98 Å². The Hall–Kier alpha value is -2.61. The maximum Gasteiger partial charge on any atom is 0.0702 e. The van der Waals surface area contributed by atoms with Gasteiger partial charge in [-0.15, -0.1) is 0 Å². The number of pyridine rings is 1. The smallest absolute Gasteiger partial charge is 0.0702 e. The topological polar surface area (TPSA) is 16.1 Å². The molecule has 1 heterocycles. The lowest BCUT2D eigenvalue weighted by Gasteiger charge is -2.13. The van der Waals surface area contributed by atoms with Crippen LogP contribution in [0.15, 0.2) is 72.9 Å². The Morgan fingerprint density at radius 3 is 2.14 bits per heavy atom. The molecule has 0 amide bonds. The molecular formula is C19H18N2. The van der Waals surface area contributed by atoms with Crippen LogP contribution in [-0.4, -0.2) is 19.1 Å². The minimum absolute atomic E-state index is 1.00. The SMILES string of the molecule is CN(C)c1ccc(-c2cccc(-c3ccccn3)c2)cc1. The average Bonchev–Trinajstić information content (AvgIpc) is 2.56. The van der Waals surface area contributed by atoms with Gasteiger partial charge in [-0.05, 0) is 41.5 Å². The van der Waals surface area contributed by atoms with Gasteiger partial charge >= 0.3 is 0 Å². The van der Waals surface area contributed by atoms with Crippen LogP contribution >= 0.6 is 0 Å². The van der Waals surface area contributed by atoms with Crippen molar-refractivity contribution in [3.8, 4) is 22.4 Å². The normalized spacial score (nSPS) is 10.4. The third kappa shape index (κ3) is 2.95. The summed E-state index contributed by atoms with van der Waals surface area (Å²) in [5.74, 6) is 0. The van der Waals surface area contributed by atoms with E-state index in [1.807, 2.05) is 24.4 Å². The van der Waals surface area contributed by atoms with E-state index in [-0.39, 0.29) is 0 Å². The molecule has 0 unspecified atom stereocenters. The number of hydrogen-bond donors (Lipinski definition) is 0. The van der Waals surface area contributed by atoms with Crippen molar-refractivity contribution in [2.24, 2.45) is 0 Å². The van der Waals surface area contributed by atoms with Gasteiger partial charge in [-0.2, -0.15) is 0 Å². The van der Waals surface area contributed by atoms with Gasteiger partial charge in [0.05, 0.1) is 5.69 Å². The van der Waals surface area contributed by atoms with Crippen LogP contribution in [0.2, 0.25) is 0 Å². The average molecular weight is 274 g/mol. The Labute approximate surface area is 125 Å². The quantitative estimate of drug-likeness (QED) is 0.700. The second-order valence-electron chi connectivity index (χ2n) is 5.24. The summed E-state index contributed by atoms with van der Waals surface area (Å²) in [5.41, 5.74) is 5.79. The lowest BCUT2D eigenvalue weighted by atomic mass is 10.0. The standard InChI is InChI=1S/C19H18N2/c1-21(2)18-11-9-15(10-12-18)16-6-5-7-17(14-16)19-8-3-4-13-20-19/h3-14H,1-2H3. The largest absolute Gasteiger partial charge is 0.378 e. The lowest BCUT2D eigenvalue weighted by molar-refractivity contribution is 1.13. The molecule has 0 saturated heterocycles. The minimum atomic E-state index is 1.00. The van der Waals surface area contributed by atoms with E-state index in [0.29, 0.717) is 0 Å². The molecule has 0 spiro atoms. The van der Waals surface area contributed by atoms with Crippen LogP contribution in [0.3, 0.4) is 0 Å². The van der Waals surface area contributed by atoms with Gasteiger partial charge in [0, 0.05) is 31.5 Å². The van der Waals surface area contributed by atoms with Crippen LogP contribution in [-0.2, 0) is 0 Å². The van der Waals surface area contributed by atoms with Crippen molar-refractivity contribution in [1.82, 2.24) is 4.98 Å². The Morgan fingerprint density at radius 2 is 1.48 bits per heavy atom. The summed E-state index contributed by atoms with van der Waals surface area (Å²) in [5, 5.41) is 0. The highest BCUT2D eigenvalue weighted by Crippen LogP contribution is 2.26. The minimum Gasteiger partial charge on any atom is -0.378 e. The predicted octanol–water partition coefficient (Wildman–Crippen LogP) is 4.48. The monoisotopic (exact) mass is 274 g/mol. The highest BCUT2D eigenvalue weighted by Gasteiger charge is 2.03. The van der Waals surface area contributed by atoms with E-state index in [4.69, 9.17) is 0 Å². The van der Waals surface area contributed by atoms with E-state index in [1.165, 1.54) is 16.8 Å². The molecule has 0 aliphatic heterocycles. The third-order valence-electron chi connectivity index (χ3n) is 3.54. The van der Waals surface area contributed by atoms with Crippen molar-refractivity contribution in [3.05, 3.63) is 72.9 Å². The molecule has 104 valence electrons. The molecule has 0 radical (unpaired) electrons. The number of anilines is 1. The number of aromatic nitrogens is 1. The number of nitrogens with zero attached hydrogens (tertiary/aromatic N) is 2. The summed E-state index contributed by atoms with van der Waals surface area (Å²) >= 11 is 0. The van der Waals surface area contributed by atoms with Crippen molar-refractivity contribution in [2.75, 3.05) is 19.0 Å². The summed E-state index contributed by atoms with van der Waals surface area (Å²) in [6, 6.07) is 23.1. The predicted molar refractivity (Wildman–Crippen MR) is 89.4 cm³/mol. The van der Waals surface area contributed by atoms with Crippen LogP contribution in [0, 0.1) is 0 Å². The van der Waals surface area contributed by atoms with Gasteiger partial charge in [0.25, 0.3) is 0 Å². The molecule has 0 aliphatic carbocycles. The third-order valence-corrected chi connectivity index (χ3v) is 3.54. The Bertz CT molecular complexity index is 716. The van der Waals surface area contributed by atoms with Crippen LogP contribution in [0.5, 0.6) is 0 Å². The molecule has 2 aromatic carbocycles. The van der Waals surface area contributed by atoms with Crippen LogP contribution in [0.4, 0.5) is 5.69 Å². The molecule has 0 atom stereocenters. The van der Waals surface area contributed by atoms with Crippen molar-refractivity contribution >= 4 is 5.69 Å². The number of hydrogen-bond acceptors (Lipinski definition) is 2. The van der Waals surface area contributed by atoms with Crippen LogP contribution < -0.4 is 4.90 Å². The highest BCUT2D eigenvalue weighted by atomic mass is 15.1. The summed E-state index contributed by atoms with van der Waals surface area (Å²) in [7, 11) is 4.10. The first-order valence-corrected chi connectivity index (χ1v) is 7.03. The fourth-order valence-corrected chi connectivity index (χ4v) is 2.34. The van der Waals surface area contributed by atoms with Gasteiger partial charge in [-0.25, -0.2) is 0 Å². The van der Waals surface area contributed by atoms with E-state index in [2.05, 4.69) is 72.5 Å². The van der Waals surface area contributed by atoms with Gasteiger partial charge in [-0.1, -0.05) is 36.4 Å². The first kappa shape index (κ1) is 13.4. The summed E-state index contributed by atoms with van der Waals surface area (Å²) in [6.45, 7) is 0. The highest BCUT2D eigenvalue weighted by molar-refractivity contribution is 5.72. The molecule has 3 rings (SSSR count). The first-order valence-electron chi connectivity index (χ1n) is 7.03. The Balaban J connectivity index is 1.96. The molecule has 1 aromatic heterocycles. The van der Waals surface area contributed by atoms with Crippen molar-refractivity contribution in [2.45, 2.75) is 0 Å². The van der Waals surface area contributed by atoms with Gasteiger partial charge < -0.3 is 4.90 Å². The molecule has 2 heteroatoms. The van der Waals surface area contributed by atoms with Crippen molar-refractivity contribution < 1.29 is 0 Å². The maximum atomic E-state index is 4.41. The molecule has 0 bridgehead atoms. The van der Waals surface area contributed by atoms with Crippen molar-refractivity contribution in [1.29, 1.82) is 0 Å². The molecule has 0 N–H and O–H groups in total. The van der Waals surface area contributed by atoms with E-state index < -0.39 is 0 Å². The zero-order valence-electron chi connectivity index (χ0n) is 12.3. The molecule has 21 heavy (non-hydrogen) atoms. The number of benzene rings is 2. The molecule has 0 aliphatic rings. The molecule has 3 aromatic rings. The molecule has 0 saturated carbocycles.